The number of morpholine rings is 1. The van der Waals surface area contributed by atoms with Crippen molar-refractivity contribution in [2.75, 3.05) is 31.3 Å². The van der Waals surface area contributed by atoms with Crippen LogP contribution in [0.3, 0.4) is 0 Å². The van der Waals surface area contributed by atoms with E-state index in [1.165, 1.54) is 0 Å². The standard InChI is InChI=1S/C21H28N4O4S/c1-6-15(16-9-12(2)22-13(16)3)19-23-18(21(4,5)30(26)27)17-20(24-19)25-7-8-28-10-14(25)11-29-17/h6,9,14,22H,7-8,10-11H2,1-5H3,(H,26,27)/b15-6+. The van der Waals surface area contributed by atoms with Crippen LogP contribution in [0.5, 0.6) is 5.75 Å². The molecule has 2 aliphatic rings. The van der Waals surface area contributed by atoms with Crippen molar-refractivity contribution in [3.8, 4) is 5.75 Å². The van der Waals surface area contributed by atoms with Crippen molar-refractivity contribution in [1.82, 2.24) is 15.0 Å². The van der Waals surface area contributed by atoms with Crippen molar-refractivity contribution in [2.45, 2.75) is 45.4 Å². The zero-order chi connectivity index (χ0) is 21.6. The summed E-state index contributed by atoms with van der Waals surface area (Å²) < 4.78 is 32.8. The van der Waals surface area contributed by atoms with Crippen LogP contribution in [0.15, 0.2) is 12.1 Å². The summed E-state index contributed by atoms with van der Waals surface area (Å²) in [5.41, 5.74) is 4.40. The van der Waals surface area contributed by atoms with Crippen LogP contribution in [-0.2, 0) is 20.6 Å². The van der Waals surface area contributed by atoms with Gasteiger partial charge in [-0.3, -0.25) is 0 Å². The quantitative estimate of drug-likeness (QED) is 0.717. The summed E-state index contributed by atoms with van der Waals surface area (Å²) in [7, 11) is 0. The molecule has 0 spiro atoms. The van der Waals surface area contributed by atoms with Crippen LogP contribution in [0.4, 0.5) is 5.82 Å². The minimum Gasteiger partial charge on any atom is -0.486 e. The van der Waals surface area contributed by atoms with Gasteiger partial charge in [-0.15, -0.1) is 0 Å². The van der Waals surface area contributed by atoms with E-state index in [4.69, 9.17) is 19.4 Å². The molecule has 4 rings (SSSR count). The normalized spacial score (nSPS) is 20.4. The van der Waals surface area contributed by atoms with E-state index < -0.39 is 15.8 Å². The van der Waals surface area contributed by atoms with E-state index in [1.54, 1.807) is 13.8 Å². The second-order valence-corrected chi connectivity index (χ2v) is 9.75. The molecule has 2 aromatic rings. The molecule has 2 N–H and O–H groups in total. The van der Waals surface area contributed by atoms with Gasteiger partial charge < -0.3 is 23.9 Å². The molecule has 0 amide bonds. The van der Waals surface area contributed by atoms with Crippen LogP contribution >= 0.6 is 0 Å². The van der Waals surface area contributed by atoms with Gasteiger partial charge in [0, 0.05) is 29.1 Å². The van der Waals surface area contributed by atoms with Crippen LogP contribution < -0.4 is 9.64 Å². The summed E-state index contributed by atoms with van der Waals surface area (Å²) in [5.74, 6) is 1.67. The van der Waals surface area contributed by atoms with Gasteiger partial charge >= 0.3 is 0 Å². The van der Waals surface area contributed by atoms with Crippen molar-refractivity contribution in [3.05, 3.63) is 40.6 Å². The Morgan fingerprint density at radius 3 is 2.77 bits per heavy atom. The van der Waals surface area contributed by atoms with Gasteiger partial charge in [0.25, 0.3) is 0 Å². The minimum atomic E-state index is -2.14. The van der Waals surface area contributed by atoms with Crippen molar-refractivity contribution in [1.29, 1.82) is 0 Å². The van der Waals surface area contributed by atoms with Crippen molar-refractivity contribution in [2.24, 2.45) is 0 Å². The van der Waals surface area contributed by atoms with Gasteiger partial charge in [-0.1, -0.05) is 6.08 Å². The Labute approximate surface area is 179 Å². The van der Waals surface area contributed by atoms with E-state index in [9.17, 15) is 8.76 Å². The second kappa shape index (κ2) is 7.79. The molecule has 0 aliphatic carbocycles. The largest absolute Gasteiger partial charge is 0.486 e. The molecule has 1 fully saturated rings. The Kier molecular flexibility index (Phi) is 5.46. The Bertz CT molecular complexity index is 1030. The number of anilines is 1. The molecule has 2 atom stereocenters. The number of H-pyrrole nitrogens is 1. The Morgan fingerprint density at radius 1 is 1.37 bits per heavy atom. The second-order valence-electron chi connectivity index (χ2n) is 8.23. The van der Waals surface area contributed by atoms with Crippen molar-refractivity contribution < 1.29 is 18.2 Å². The number of hydrogen-bond donors (Lipinski definition) is 2. The number of ether oxygens (including phenoxy) is 2. The molecule has 0 bridgehead atoms. The fraction of sp³-hybridized carbons (Fsp3) is 0.524. The molecule has 4 heterocycles. The highest BCUT2D eigenvalue weighted by Crippen LogP contribution is 2.43. The van der Waals surface area contributed by atoms with E-state index in [-0.39, 0.29) is 6.04 Å². The smallest absolute Gasteiger partial charge is 0.185 e. The van der Waals surface area contributed by atoms with Crippen LogP contribution in [0.1, 0.15) is 49.2 Å². The first-order valence-corrected chi connectivity index (χ1v) is 11.2. The number of aromatic amines is 1. The van der Waals surface area contributed by atoms with Gasteiger partial charge in [0.2, 0.25) is 0 Å². The number of aryl methyl sites for hydroxylation is 2. The summed E-state index contributed by atoms with van der Waals surface area (Å²) in [5, 5.41) is 0. The molecular weight excluding hydrogens is 404 g/mol. The first-order chi connectivity index (χ1) is 14.2. The molecule has 0 aromatic carbocycles. The maximum atomic E-state index is 12.2. The van der Waals surface area contributed by atoms with Gasteiger partial charge in [-0.2, -0.15) is 0 Å². The lowest BCUT2D eigenvalue weighted by molar-refractivity contribution is 0.0690. The Hall–Kier alpha value is -2.23. The van der Waals surface area contributed by atoms with Gasteiger partial charge in [0.15, 0.2) is 28.5 Å². The van der Waals surface area contributed by atoms with E-state index in [2.05, 4.69) is 16.0 Å². The monoisotopic (exact) mass is 432 g/mol. The Balaban J connectivity index is 1.94. The fourth-order valence-electron chi connectivity index (χ4n) is 4.04. The number of nitrogens with zero attached hydrogens (tertiary/aromatic N) is 3. The number of fused-ring (bicyclic) bond motifs is 3. The van der Waals surface area contributed by atoms with Gasteiger partial charge in [0.05, 0.1) is 19.3 Å². The number of rotatable bonds is 4. The van der Waals surface area contributed by atoms with Crippen LogP contribution in [0.2, 0.25) is 0 Å². The lowest BCUT2D eigenvalue weighted by atomic mass is 10.0. The number of allylic oxidation sites excluding steroid dienone is 1. The first-order valence-electron chi connectivity index (χ1n) is 10.1. The maximum absolute atomic E-state index is 12.2. The molecule has 30 heavy (non-hydrogen) atoms. The fourth-order valence-corrected chi connectivity index (χ4v) is 4.34. The van der Waals surface area contributed by atoms with E-state index >= 15 is 0 Å². The third-order valence-electron chi connectivity index (χ3n) is 5.74. The molecule has 1 saturated heterocycles. The molecule has 2 unspecified atom stereocenters. The van der Waals surface area contributed by atoms with E-state index in [1.807, 2.05) is 26.8 Å². The molecule has 162 valence electrons. The lowest BCUT2D eigenvalue weighted by Gasteiger charge is -2.41. The first kappa shape index (κ1) is 21.0. The number of hydrogen-bond acceptors (Lipinski definition) is 6. The average molecular weight is 433 g/mol. The summed E-state index contributed by atoms with van der Waals surface area (Å²) in [6.07, 6.45) is 1.98. The zero-order valence-electron chi connectivity index (χ0n) is 18.0. The number of aromatic nitrogens is 3. The molecule has 2 aliphatic heterocycles. The number of nitrogens with one attached hydrogen (secondary N) is 1. The lowest BCUT2D eigenvalue weighted by Crippen LogP contribution is -2.52. The van der Waals surface area contributed by atoms with Gasteiger partial charge in [-0.05, 0) is 40.7 Å². The third-order valence-corrected chi connectivity index (χ3v) is 6.81. The van der Waals surface area contributed by atoms with Crippen molar-refractivity contribution >= 4 is 22.5 Å². The minimum absolute atomic E-state index is 0.0647. The molecule has 9 heteroatoms. The topological polar surface area (TPSA) is 101 Å². The van der Waals surface area contributed by atoms with Crippen molar-refractivity contribution in [3.63, 3.8) is 0 Å². The average Bonchev–Trinajstić information content (AvgIpc) is 3.05. The highest BCUT2D eigenvalue weighted by atomic mass is 32.2. The summed E-state index contributed by atoms with van der Waals surface area (Å²) in [6.45, 7) is 11.7. The third kappa shape index (κ3) is 3.44. The van der Waals surface area contributed by atoms with Crippen LogP contribution in [0.25, 0.3) is 5.57 Å². The highest BCUT2D eigenvalue weighted by Gasteiger charge is 2.40. The molecular formula is C21H28N4O4S. The van der Waals surface area contributed by atoms with Crippen LogP contribution in [-0.4, -0.2) is 56.1 Å². The molecule has 0 saturated carbocycles. The predicted octanol–water partition coefficient (Wildman–Crippen LogP) is 2.93. The predicted molar refractivity (Wildman–Crippen MR) is 116 cm³/mol. The SMILES string of the molecule is C/C=C(/c1nc2c(c(C(C)(C)S(=O)O)n1)OCC1COCCN21)c1cc(C)[nH]c1C. The highest BCUT2D eigenvalue weighted by molar-refractivity contribution is 7.80. The van der Waals surface area contributed by atoms with E-state index in [0.29, 0.717) is 49.5 Å². The van der Waals surface area contributed by atoms with Gasteiger partial charge in [0.1, 0.15) is 17.0 Å². The van der Waals surface area contributed by atoms with Crippen LogP contribution in [0, 0.1) is 13.8 Å². The molecule has 8 nitrogen and oxygen atoms in total. The molecule has 0 radical (unpaired) electrons. The molecule has 2 aromatic heterocycles. The van der Waals surface area contributed by atoms with Gasteiger partial charge in [-0.25, -0.2) is 14.2 Å². The summed E-state index contributed by atoms with van der Waals surface area (Å²) in [6, 6.07) is 2.13. The zero-order valence-corrected chi connectivity index (χ0v) is 18.8. The Morgan fingerprint density at radius 2 is 2.13 bits per heavy atom. The summed E-state index contributed by atoms with van der Waals surface area (Å²) >= 11 is -2.14. The maximum Gasteiger partial charge on any atom is 0.185 e. The summed E-state index contributed by atoms with van der Waals surface area (Å²) in [4.78, 5) is 15.2. The van der Waals surface area contributed by atoms with E-state index in [0.717, 1.165) is 22.5 Å².